The number of pyridine rings is 1. The molecule has 0 bridgehead atoms. The maximum atomic E-state index is 13.5. The lowest BCUT2D eigenvalue weighted by Crippen LogP contribution is -2.48. The molecule has 2 aliphatic rings. The summed E-state index contributed by atoms with van der Waals surface area (Å²) in [4.78, 5) is 21.9. The third-order valence-electron chi connectivity index (χ3n) is 8.84. The molecule has 3 heterocycles. The molecule has 0 saturated carbocycles. The van der Waals surface area contributed by atoms with Gasteiger partial charge < -0.3 is 14.6 Å². The molecule has 0 aliphatic carbocycles. The first-order chi connectivity index (χ1) is 21.7. The van der Waals surface area contributed by atoms with Crippen molar-refractivity contribution in [2.75, 3.05) is 53.0 Å². The lowest BCUT2D eigenvalue weighted by atomic mass is 9.73. The number of carbonyl (C=O) groups excluding carboxylic acids is 1. The van der Waals surface area contributed by atoms with E-state index in [2.05, 4.69) is 21.7 Å². The standard InChI is InChI=1S/C33H37F3N4O5/c1-44-24-4-5-28-25(19-24)30(23(20-37-28)21-40-13-15-45-16-14-40)29(41)6-7-33(32(42)38-43)8-11-39(12-9-33)10-2-3-22-17-26(34)31(36)27(35)18-22/h4-5,17-20,29,41,43H,6-16,21H2,1H3,(H,38,42)/t29-/m1/s1. The molecule has 45 heavy (non-hydrogen) atoms. The van der Waals surface area contributed by atoms with Crippen molar-refractivity contribution in [2.24, 2.45) is 5.41 Å². The number of hydrogen-bond acceptors (Lipinski definition) is 8. The summed E-state index contributed by atoms with van der Waals surface area (Å²) in [6, 6.07) is 7.23. The SMILES string of the molecule is COc1ccc2ncc(CN3CCOCC3)c([C@H](O)CCC3(C(=O)NO)CCN(CC#Cc4cc(F)c(F)c(F)c4)CC3)c2c1. The highest BCUT2D eigenvalue weighted by Crippen LogP contribution is 2.40. The van der Waals surface area contributed by atoms with E-state index < -0.39 is 34.9 Å². The molecule has 12 heteroatoms. The Labute approximate surface area is 259 Å². The number of methoxy groups -OCH3 is 1. The van der Waals surface area contributed by atoms with Crippen molar-refractivity contribution in [2.45, 2.75) is 38.3 Å². The van der Waals surface area contributed by atoms with Gasteiger partial charge in [0.05, 0.1) is 43.9 Å². The third kappa shape index (κ3) is 7.57. The van der Waals surface area contributed by atoms with Gasteiger partial charge in [-0.1, -0.05) is 11.8 Å². The number of aromatic nitrogens is 1. The van der Waals surface area contributed by atoms with E-state index in [0.29, 0.717) is 57.9 Å². The fourth-order valence-corrected chi connectivity index (χ4v) is 6.17. The summed E-state index contributed by atoms with van der Waals surface area (Å²) in [7, 11) is 1.58. The lowest BCUT2D eigenvalue weighted by Gasteiger charge is -2.40. The van der Waals surface area contributed by atoms with Crippen LogP contribution in [0.1, 0.15) is 48.5 Å². The number of nitrogens with one attached hydrogen (secondary N) is 1. The maximum Gasteiger partial charge on any atom is 0.249 e. The van der Waals surface area contributed by atoms with Gasteiger partial charge in [-0.05, 0) is 67.1 Å². The van der Waals surface area contributed by atoms with Gasteiger partial charge in [0.1, 0.15) is 5.75 Å². The molecular formula is C33H37F3N4O5. The first-order valence-corrected chi connectivity index (χ1v) is 15.0. The highest BCUT2D eigenvalue weighted by molar-refractivity contribution is 5.85. The minimum Gasteiger partial charge on any atom is -0.497 e. The largest absolute Gasteiger partial charge is 0.497 e. The Kier molecular flexibility index (Phi) is 10.6. The van der Waals surface area contributed by atoms with E-state index >= 15 is 0 Å². The van der Waals surface area contributed by atoms with Crippen molar-refractivity contribution in [1.82, 2.24) is 20.3 Å². The number of carbonyl (C=O) groups is 1. The summed E-state index contributed by atoms with van der Waals surface area (Å²) in [6.07, 6.45) is 2.27. The van der Waals surface area contributed by atoms with Crippen molar-refractivity contribution in [1.29, 1.82) is 0 Å². The fourth-order valence-electron chi connectivity index (χ4n) is 6.17. The van der Waals surface area contributed by atoms with Crippen molar-refractivity contribution in [3.63, 3.8) is 0 Å². The summed E-state index contributed by atoms with van der Waals surface area (Å²) in [5, 5.41) is 22.1. The Morgan fingerprint density at radius 1 is 1.11 bits per heavy atom. The van der Waals surface area contributed by atoms with Crippen molar-refractivity contribution in [3.8, 4) is 17.6 Å². The number of hydroxylamine groups is 1. The Balaban J connectivity index is 1.30. The number of halogens is 3. The zero-order valence-electron chi connectivity index (χ0n) is 25.1. The average Bonchev–Trinajstić information content (AvgIpc) is 3.06. The molecule has 1 aromatic heterocycles. The molecule has 2 fully saturated rings. The predicted octanol–water partition coefficient (Wildman–Crippen LogP) is 3.95. The van der Waals surface area contributed by atoms with Gasteiger partial charge in [-0.3, -0.25) is 24.8 Å². The Morgan fingerprint density at radius 2 is 1.82 bits per heavy atom. The van der Waals surface area contributed by atoms with Crippen LogP contribution in [0.25, 0.3) is 10.9 Å². The number of morpholine rings is 1. The minimum absolute atomic E-state index is 0.0284. The second-order valence-electron chi connectivity index (χ2n) is 11.6. The molecule has 2 saturated heterocycles. The second-order valence-corrected chi connectivity index (χ2v) is 11.6. The van der Waals surface area contributed by atoms with E-state index in [1.165, 1.54) is 0 Å². The third-order valence-corrected chi connectivity index (χ3v) is 8.84. The van der Waals surface area contributed by atoms with E-state index in [1.807, 2.05) is 28.6 Å². The number of ether oxygens (including phenoxy) is 2. The zero-order chi connectivity index (χ0) is 32.0. The molecule has 1 atom stereocenters. The van der Waals surface area contributed by atoms with Gasteiger partial charge in [0.15, 0.2) is 17.5 Å². The van der Waals surface area contributed by atoms with Gasteiger partial charge in [0, 0.05) is 49.9 Å². The molecule has 3 aromatic rings. The van der Waals surface area contributed by atoms with Crippen LogP contribution in [0, 0.1) is 34.7 Å². The van der Waals surface area contributed by atoms with E-state index in [0.717, 1.165) is 47.3 Å². The normalized spacial score (nSPS) is 17.8. The first kappa shape index (κ1) is 32.7. The van der Waals surface area contributed by atoms with E-state index in [9.17, 15) is 28.3 Å². The number of benzene rings is 2. The van der Waals surface area contributed by atoms with Crippen LogP contribution in [-0.4, -0.2) is 84.1 Å². The monoisotopic (exact) mass is 626 g/mol. The van der Waals surface area contributed by atoms with Gasteiger partial charge in [0.25, 0.3) is 0 Å². The number of nitrogens with zero attached hydrogens (tertiary/aromatic N) is 3. The molecule has 240 valence electrons. The number of amides is 1. The number of likely N-dealkylation sites (tertiary alicyclic amines) is 1. The van der Waals surface area contributed by atoms with Gasteiger partial charge in [-0.15, -0.1) is 0 Å². The molecule has 2 aromatic carbocycles. The molecule has 0 spiro atoms. The predicted molar refractivity (Wildman–Crippen MR) is 160 cm³/mol. The Bertz CT molecular complexity index is 1560. The highest BCUT2D eigenvalue weighted by atomic mass is 19.2. The molecule has 1 amide bonds. The molecule has 9 nitrogen and oxygen atoms in total. The highest BCUT2D eigenvalue weighted by Gasteiger charge is 2.41. The fraction of sp³-hybridized carbons (Fsp3) is 0.455. The second kappa shape index (κ2) is 14.6. The average molecular weight is 627 g/mol. The number of aliphatic hydroxyl groups excluding tert-OH is 1. The summed E-state index contributed by atoms with van der Waals surface area (Å²) in [5.41, 5.74) is 3.29. The van der Waals surface area contributed by atoms with Gasteiger partial charge in [0.2, 0.25) is 5.91 Å². The van der Waals surface area contributed by atoms with Crippen molar-refractivity contribution in [3.05, 3.63) is 70.7 Å². The summed E-state index contributed by atoms with van der Waals surface area (Å²) < 4.78 is 51.2. The number of piperidine rings is 1. The summed E-state index contributed by atoms with van der Waals surface area (Å²) in [5.74, 6) is 1.51. The number of hydrogen-bond donors (Lipinski definition) is 3. The number of aliphatic hydroxyl groups is 1. The number of fused-ring (bicyclic) bond motifs is 1. The minimum atomic E-state index is -1.54. The maximum absolute atomic E-state index is 13.5. The Hall–Kier alpha value is -3.73. The van der Waals surface area contributed by atoms with Crippen LogP contribution in [0.2, 0.25) is 0 Å². The molecular weight excluding hydrogens is 589 g/mol. The van der Waals surface area contributed by atoms with Gasteiger partial charge in [-0.2, -0.15) is 0 Å². The van der Waals surface area contributed by atoms with Crippen LogP contribution < -0.4 is 10.2 Å². The van der Waals surface area contributed by atoms with Crippen LogP contribution in [0.3, 0.4) is 0 Å². The molecule has 5 rings (SSSR count). The molecule has 3 N–H and O–H groups in total. The van der Waals surface area contributed by atoms with E-state index in [4.69, 9.17) is 9.47 Å². The van der Waals surface area contributed by atoms with Crippen LogP contribution in [-0.2, 0) is 16.1 Å². The van der Waals surface area contributed by atoms with E-state index in [1.54, 1.807) is 13.3 Å². The topological polar surface area (TPSA) is 107 Å². The van der Waals surface area contributed by atoms with Crippen LogP contribution >= 0.6 is 0 Å². The van der Waals surface area contributed by atoms with Crippen molar-refractivity contribution < 1.29 is 37.8 Å². The summed E-state index contributed by atoms with van der Waals surface area (Å²) >= 11 is 0. The quantitative estimate of drug-likeness (QED) is 0.142. The lowest BCUT2D eigenvalue weighted by molar-refractivity contribution is -0.143. The van der Waals surface area contributed by atoms with Crippen LogP contribution in [0.15, 0.2) is 36.5 Å². The van der Waals surface area contributed by atoms with Crippen LogP contribution in [0.4, 0.5) is 13.2 Å². The molecule has 2 aliphatic heterocycles. The molecule has 0 unspecified atom stereocenters. The number of rotatable bonds is 9. The van der Waals surface area contributed by atoms with E-state index in [-0.39, 0.29) is 18.5 Å². The Morgan fingerprint density at radius 3 is 2.49 bits per heavy atom. The van der Waals surface area contributed by atoms with Crippen LogP contribution in [0.5, 0.6) is 5.75 Å². The van der Waals surface area contributed by atoms with Crippen molar-refractivity contribution >= 4 is 16.8 Å². The smallest absolute Gasteiger partial charge is 0.249 e. The summed E-state index contributed by atoms with van der Waals surface area (Å²) in [6.45, 7) is 4.62. The van der Waals surface area contributed by atoms with Gasteiger partial charge >= 0.3 is 0 Å². The first-order valence-electron chi connectivity index (χ1n) is 15.0. The molecule has 0 radical (unpaired) electrons. The van der Waals surface area contributed by atoms with Gasteiger partial charge in [-0.25, -0.2) is 18.7 Å². The zero-order valence-corrected chi connectivity index (χ0v) is 25.1.